The maximum Gasteiger partial charge on any atom is 0.303 e. The predicted octanol–water partition coefficient (Wildman–Crippen LogP) is 0.727. The average Bonchev–Trinajstić information content (AvgIpc) is 2.28. The summed E-state index contributed by atoms with van der Waals surface area (Å²) in [6.07, 6.45) is 1.18. The molecule has 0 spiro atoms. The molecule has 6 heteroatoms. The van der Waals surface area contributed by atoms with Gasteiger partial charge in [0.1, 0.15) is 0 Å². The Bertz CT molecular complexity index is 417. The lowest BCUT2D eigenvalue weighted by molar-refractivity contribution is -0.137. The van der Waals surface area contributed by atoms with E-state index in [0.717, 1.165) is 11.3 Å². The third-order valence-electron chi connectivity index (χ3n) is 2.46. The lowest BCUT2D eigenvalue weighted by Gasteiger charge is -2.11. The molecule has 0 bridgehead atoms. The number of guanidine groups is 1. The normalized spacial score (nSPS) is 11.8. The molecule has 0 unspecified atom stereocenters. The second kappa shape index (κ2) is 6.61. The maximum atomic E-state index is 10.4. The Morgan fingerprint density at radius 3 is 2.50 bits per heavy atom. The van der Waals surface area contributed by atoms with Gasteiger partial charge in [-0.05, 0) is 30.5 Å². The highest BCUT2D eigenvalue weighted by molar-refractivity contribution is 5.89. The zero-order chi connectivity index (χ0) is 13.5. The number of carbonyl (C=O) groups is 1. The number of nitrogens with one attached hydrogen (secondary N) is 2. The van der Waals surface area contributed by atoms with Crippen LogP contribution in [0.5, 0.6) is 0 Å². The standard InChI is InChI=1S/C12H18N4O2/c13-9(3-6-11(17)18)7-8-1-4-10(5-2-8)16-12(14)15/h1-2,4-5,9H,3,6-7,13H2,(H,17,18)(H4,14,15,16)/t9-/m1/s1. The van der Waals surface area contributed by atoms with E-state index in [9.17, 15) is 4.79 Å². The van der Waals surface area contributed by atoms with E-state index in [-0.39, 0.29) is 18.4 Å². The number of carboxylic acid groups (broad SMARTS) is 1. The first-order valence-corrected chi connectivity index (χ1v) is 5.64. The number of benzene rings is 1. The summed E-state index contributed by atoms with van der Waals surface area (Å²) >= 11 is 0. The average molecular weight is 250 g/mol. The molecule has 18 heavy (non-hydrogen) atoms. The Kier molecular flexibility index (Phi) is 5.13. The number of hydrogen-bond donors (Lipinski definition) is 5. The van der Waals surface area contributed by atoms with Crippen molar-refractivity contribution in [2.75, 3.05) is 5.32 Å². The Morgan fingerprint density at radius 1 is 1.39 bits per heavy atom. The summed E-state index contributed by atoms with van der Waals surface area (Å²) in [5.41, 5.74) is 12.8. The predicted molar refractivity (Wildman–Crippen MR) is 70.5 cm³/mol. The maximum absolute atomic E-state index is 10.4. The number of aliphatic carboxylic acids is 1. The molecule has 0 aliphatic carbocycles. The molecule has 1 rings (SSSR count). The van der Waals surface area contributed by atoms with Gasteiger partial charge in [0.2, 0.25) is 0 Å². The molecule has 98 valence electrons. The van der Waals surface area contributed by atoms with E-state index >= 15 is 0 Å². The molecule has 0 amide bonds. The van der Waals surface area contributed by atoms with Crippen molar-refractivity contribution in [1.29, 1.82) is 5.41 Å². The lowest BCUT2D eigenvalue weighted by Crippen LogP contribution is -2.24. The van der Waals surface area contributed by atoms with Crippen LogP contribution in [0.25, 0.3) is 0 Å². The molecule has 0 radical (unpaired) electrons. The minimum Gasteiger partial charge on any atom is -0.481 e. The molecule has 0 aliphatic heterocycles. The van der Waals surface area contributed by atoms with Crippen LogP contribution in [0.1, 0.15) is 18.4 Å². The largest absolute Gasteiger partial charge is 0.481 e. The third-order valence-corrected chi connectivity index (χ3v) is 2.46. The van der Waals surface area contributed by atoms with Gasteiger partial charge < -0.3 is 21.9 Å². The van der Waals surface area contributed by atoms with Crippen molar-refractivity contribution in [3.63, 3.8) is 0 Å². The summed E-state index contributed by atoms with van der Waals surface area (Å²) in [4.78, 5) is 10.4. The summed E-state index contributed by atoms with van der Waals surface area (Å²) in [5, 5.41) is 18.3. The molecule has 6 nitrogen and oxygen atoms in total. The van der Waals surface area contributed by atoms with Gasteiger partial charge in [-0.15, -0.1) is 0 Å². The molecule has 0 saturated carbocycles. The van der Waals surface area contributed by atoms with Gasteiger partial charge in [0.25, 0.3) is 0 Å². The van der Waals surface area contributed by atoms with Gasteiger partial charge in [-0.2, -0.15) is 0 Å². The van der Waals surface area contributed by atoms with Crippen molar-refractivity contribution in [2.45, 2.75) is 25.3 Å². The van der Waals surface area contributed by atoms with Crippen LogP contribution in [0, 0.1) is 5.41 Å². The zero-order valence-electron chi connectivity index (χ0n) is 10.0. The van der Waals surface area contributed by atoms with Gasteiger partial charge in [-0.25, -0.2) is 0 Å². The van der Waals surface area contributed by atoms with Crippen molar-refractivity contribution in [3.05, 3.63) is 29.8 Å². The van der Waals surface area contributed by atoms with Crippen molar-refractivity contribution >= 4 is 17.6 Å². The highest BCUT2D eigenvalue weighted by atomic mass is 16.4. The van der Waals surface area contributed by atoms with Crippen LogP contribution in [0.2, 0.25) is 0 Å². The highest BCUT2D eigenvalue weighted by Gasteiger charge is 2.07. The summed E-state index contributed by atoms with van der Waals surface area (Å²) in [6, 6.07) is 7.21. The zero-order valence-corrected chi connectivity index (χ0v) is 10.0. The van der Waals surface area contributed by atoms with Crippen LogP contribution >= 0.6 is 0 Å². The summed E-state index contributed by atoms with van der Waals surface area (Å²) in [7, 11) is 0. The molecule has 1 atom stereocenters. The molecule has 7 N–H and O–H groups in total. The molecule has 0 fully saturated rings. The van der Waals surface area contributed by atoms with E-state index in [2.05, 4.69) is 5.32 Å². The Morgan fingerprint density at radius 2 is 2.00 bits per heavy atom. The second-order valence-electron chi connectivity index (χ2n) is 4.13. The van der Waals surface area contributed by atoms with Gasteiger partial charge in [-0.3, -0.25) is 10.2 Å². The summed E-state index contributed by atoms with van der Waals surface area (Å²) in [6.45, 7) is 0. The lowest BCUT2D eigenvalue weighted by atomic mass is 10.0. The van der Waals surface area contributed by atoms with Crippen molar-refractivity contribution < 1.29 is 9.90 Å². The van der Waals surface area contributed by atoms with Gasteiger partial charge in [0.05, 0.1) is 0 Å². The van der Waals surface area contributed by atoms with Crippen LogP contribution in [0.4, 0.5) is 5.69 Å². The Balaban J connectivity index is 2.47. The number of carboxylic acids is 1. The smallest absolute Gasteiger partial charge is 0.303 e. The van der Waals surface area contributed by atoms with Crippen LogP contribution in [-0.4, -0.2) is 23.1 Å². The molecule has 1 aromatic carbocycles. The van der Waals surface area contributed by atoms with Crippen molar-refractivity contribution in [1.82, 2.24) is 0 Å². The Labute approximate surface area is 105 Å². The SMILES string of the molecule is N=C(N)Nc1ccc(C[C@H](N)CCC(=O)O)cc1. The van der Waals surface area contributed by atoms with E-state index in [1.54, 1.807) is 12.1 Å². The minimum absolute atomic E-state index is 0.0884. The van der Waals surface area contributed by atoms with Gasteiger partial charge in [-0.1, -0.05) is 12.1 Å². The van der Waals surface area contributed by atoms with E-state index in [4.69, 9.17) is 22.0 Å². The minimum atomic E-state index is -0.827. The first-order valence-electron chi connectivity index (χ1n) is 5.64. The molecule has 0 aliphatic rings. The van der Waals surface area contributed by atoms with E-state index in [0.29, 0.717) is 12.8 Å². The fourth-order valence-corrected chi connectivity index (χ4v) is 1.59. The summed E-state index contributed by atoms with van der Waals surface area (Å²) < 4.78 is 0. The van der Waals surface area contributed by atoms with Gasteiger partial charge in [0.15, 0.2) is 5.96 Å². The van der Waals surface area contributed by atoms with Crippen LogP contribution < -0.4 is 16.8 Å². The van der Waals surface area contributed by atoms with E-state index < -0.39 is 5.97 Å². The first-order chi connectivity index (χ1) is 8.47. The van der Waals surface area contributed by atoms with Crippen LogP contribution in [0.3, 0.4) is 0 Å². The molecular formula is C12H18N4O2. The van der Waals surface area contributed by atoms with E-state index in [1.807, 2.05) is 12.1 Å². The van der Waals surface area contributed by atoms with Crippen molar-refractivity contribution in [2.24, 2.45) is 11.5 Å². The molecule has 0 saturated heterocycles. The molecule has 1 aromatic rings. The number of rotatable bonds is 6. The van der Waals surface area contributed by atoms with Crippen LogP contribution in [-0.2, 0) is 11.2 Å². The quantitative estimate of drug-likeness (QED) is 0.376. The molecule has 0 heterocycles. The third kappa shape index (κ3) is 5.31. The number of hydrogen-bond acceptors (Lipinski definition) is 3. The highest BCUT2D eigenvalue weighted by Crippen LogP contribution is 2.11. The fourth-order valence-electron chi connectivity index (χ4n) is 1.59. The van der Waals surface area contributed by atoms with Crippen molar-refractivity contribution in [3.8, 4) is 0 Å². The van der Waals surface area contributed by atoms with Crippen LogP contribution in [0.15, 0.2) is 24.3 Å². The topological polar surface area (TPSA) is 125 Å². The first kappa shape index (κ1) is 14.0. The second-order valence-corrected chi connectivity index (χ2v) is 4.13. The Hall–Kier alpha value is -2.08. The van der Waals surface area contributed by atoms with E-state index in [1.165, 1.54) is 0 Å². The fraction of sp³-hybridized carbons (Fsp3) is 0.333. The number of anilines is 1. The van der Waals surface area contributed by atoms with Gasteiger partial charge >= 0.3 is 5.97 Å². The number of nitrogens with two attached hydrogens (primary N) is 2. The van der Waals surface area contributed by atoms with Gasteiger partial charge in [0, 0.05) is 18.2 Å². The molecular weight excluding hydrogens is 232 g/mol. The molecule has 0 aromatic heterocycles. The summed E-state index contributed by atoms with van der Waals surface area (Å²) in [5.74, 6) is -0.938. The monoisotopic (exact) mass is 250 g/mol.